The van der Waals surface area contributed by atoms with E-state index >= 15 is 0 Å². The van der Waals surface area contributed by atoms with Crippen molar-refractivity contribution in [3.8, 4) is 0 Å². The second-order valence-electron chi connectivity index (χ2n) is 5.69. The number of carbonyl (C=O) groups is 1. The molecule has 0 aromatic carbocycles. The smallest absolute Gasteiger partial charge is 0.309 e. The summed E-state index contributed by atoms with van der Waals surface area (Å²) >= 11 is 0. The van der Waals surface area contributed by atoms with Gasteiger partial charge in [0.05, 0.1) is 22.9 Å². The quantitative estimate of drug-likeness (QED) is 0.773. The first-order valence-corrected chi connectivity index (χ1v) is 5.95. The minimum Gasteiger partial charge on any atom is -0.481 e. The van der Waals surface area contributed by atoms with Gasteiger partial charge in [0, 0.05) is 13.0 Å². The standard InChI is InChI=1S/C12H21N3O3/c1-11(2,10(16)17)5-6-18-12(3,4)7-9-8-13-15-14-9/h8H,5-7H2,1-4H3,(H,16,17)(H,13,14,15). The Morgan fingerprint density at radius 2 is 2.11 bits per heavy atom. The Bertz CT molecular complexity index is 385. The van der Waals surface area contributed by atoms with Gasteiger partial charge in [-0.3, -0.25) is 4.79 Å². The number of nitrogens with zero attached hydrogens (tertiary/aromatic N) is 2. The predicted molar refractivity (Wildman–Crippen MR) is 66.2 cm³/mol. The van der Waals surface area contributed by atoms with Crippen molar-refractivity contribution in [2.24, 2.45) is 5.41 Å². The second kappa shape index (κ2) is 5.48. The maximum absolute atomic E-state index is 11.0. The van der Waals surface area contributed by atoms with Gasteiger partial charge in [-0.1, -0.05) is 0 Å². The zero-order chi connectivity index (χ0) is 13.8. The van der Waals surface area contributed by atoms with E-state index in [1.165, 1.54) is 0 Å². The van der Waals surface area contributed by atoms with Crippen molar-refractivity contribution in [3.05, 3.63) is 11.9 Å². The minimum atomic E-state index is -0.805. The van der Waals surface area contributed by atoms with Crippen molar-refractivity contribution in [2.45, 2.75) is 46.1 Å². The number of ether oxygens (including phenoxy) is 1. The van der Waals surface area contributed by atoms with Crippen LogP contribution in [0.3, 0.4) is 0 Å². The Kier molecular flexibility index (Phi) is 4.45. The SMILES string of the molecule is CC(C)(Cc1cn[nH]n1)OCCC(C)(C)C(=O)O. The fourth-order valence-corrected chi connectivity index (χ4v) is 1.49. The molecule has 0 spiro atoms. The zero-order valence-electron chi connectivity index (χ0n) is 11.4. The highest BCUT2D eigenvalue weighted by molar-refractivity contribution is 5.73. The average Bonchev–Trinajstić information content (AvgIpc) is 2.68. The van der Waals surface area contributed by atoms with Crippen LogP contribution in [0.1, 0.15) is 39.8 Å². The number of carboxylic acids is 1. The summed E-state index contributed by atoms with van der Waals surface area (Å²) in [6, 6.07) is 0. The molecule has 18 heavy (non-hydrogen) atoms. The molecule has 0 aliphatic heterocycles. The Balaban J connectivity index is 2.40. The van der Waals surface area contributed by atoms with Crippen LogP contribution in [0.15, 0.2) is 6.20 Å². The topological polar surface area (TPSA) is 88.1 Å². The number of aromatic amines is 1. The van der Waals surface area contributed by atoms with Crippen LogP contribution in [-0.4, -0.2) is 38.7 Å². The van der Waals surface area contributed by atoms with Crippen LogP contribution in [-0.2, 0) is 16.0 Å². The molecule has 1 rings (SSSR count). The highest BCUT2D eigenvalue weighted by Gasteiger charge is 2.28. The van der Waals surface area contributed by atoms with Gasteiger partial charge in [-0.15, -0.1) is 0 Å². The van der Waals surface area contributed by atoms with Gasteiger partial charge in [0.15, 0.2) is 0 Å². The molecular weight excluding hydrogens is 234 g/mol. The van der Waals surface area contributed by atoms with E-state index in [9.17, 15) is 4.79 Å². The van der Waals surface area contributed by atoms with Crippen molar-refractivity contribution in [1.82, 2.24) is 15.4 Å². The summed E-state index contributed by atoms with van der Waals surface area (Å²) in [4.78, 5) is 11.0. The van der Waals surface area contributed by atoms with E-state index in [0.29, 0.717) is 19.4 Å². The lowest BCUT2D eigenvalue weighted by Crippen LogP contribution is -2.31. The van der Waals surface area contributed by atoms with Crippen LogP contribution in [0, 0.1) is 5.41 Å². The van der Waals surface area contributed by atoms with Gasteiger partial charge in [-0.2, -0.15) is 15.4 Å². The van der Waals surface area contributed by atoms with E-state index in [1.54, 1.807) is 20.0 Å². The van der Waals surface area contributed by atoms with E-state index in [2.05, 4.69) is 15.4 Å². The fraction of sp³-hybridized carbons (Fsp3) is 0.750. The molecule has 1 aromatic heterocycles. The fourth-order valence-electron chi connectivity index (χ4n) is 1.49. The Morgan fingerprint density at radius 3 is 2.61 bits per heavy atom. The first-order chi connectivity index (χ1) is 8.23. The van der Waals surface area contributed by atoms with Gasteiger partial charge >= 0.3 is 5.97 Å². The molecule has 6 nitrogen and oxygen atoms in total. The van der Waals surface area contributed by atoms with E-state index in [1.807, 2.05) is 13.8 Å². The third-order valence-corrected chi connectivity index (χ3v) is 2.87. The molecule has 0 saturated carbocycles. The number of carboxylic acid groups (broad SMARTS) is 1. The molecule has 0 saturated heterocycles. The molecule has 0 atom stereocenters. The Labute approximate surface area is 107 Å². The summed E-state index contributed by atoms with van der Waals surface area (Å²) in [7, 11) is 0. The first-order valence-electron chi connectivity index (χ1n) is 5.95. The lowest BCUT2D eigenvalue weighted by molar-refractivity contribution is -0.148. The lowest BCUT2D eigenvalue weighted by atomic mass is 9.90. The molecule has 1 heterocycles. The summed E-state index contributed by atoms with van der Waals surface area (Å²) in [6.07, 6.45) is 2.77. The zero-order valence-corrected chi connectivity index (χ0v) is 11.4. The highest BCUT2D eigenvalue weighted by Crippen LogP contribution is 2.23. The normalized spacial score (nSPS) is 12.7. The van der Waals surface area contributed by atoms with Crippen LogP contribution >= 0.6 is 0 Å². The van der Waals surface area contributed by atoms with Crippen molar-refractivity contribution in [3.63, 3.8) is 0 Å². The van der Waals surface area contributed by atoms with E-state index < -0.39 is 11.4 Å². The van der Waals surface area contributed by atoms with Crippen molar-refractivity contribution < 1.29 is 14.6 Å². The average molecular weight is 255 g/mol. The monoisotopic (exact) mass is 255 g/mol. The number of hydrogen-bond acceptors (Lipinski definition) is 4. The largest absolute Gasteiger partial charge is 0.481 e. The van der Waals surface area contributed by atoms with Crippen molar-refractivity contribution in [1.29, 1.82) is 0 Å². The Hall–Kier alpha value is -1.43. The molecular formula is C12H21N3O3. The molecule has 0 unspecified atom stereocenters. The van der Waals surface area contributed by atoms with E-state index in [0.717, 1.165) is 5.69 Å². The van der Waals surface area contributed by atoms with Gasteiger partial charge in [-0.25, -0.2) is 0 Å². The van der Waals surface area contributed by atoms with Gasteiger partial charge in [0.1, 0.15) is 0 Å². The van der Waals surface area contributed by atoms with Gasteiger partial charge in [0.2, 0.25) is 0 Å². The highest BCUT2D eigenvalue weighted by atomic mass is 16.5. The van der Waals surface area contributed by atoms with Crippen molar-refractivity contribution >= 4 is 5.97 Å². The minimum absolute atomic E-state index is 0.383. The molecule has 0 aliphatic rings. The third kappa shape index (κ3) is 4.44. The summed E-state index contributed by atoms with van der Waals surface area (Å²) in [5, 5.41) is 19.3. The number of nitrogens with one attached hydrogen (secondary N) is 1. The van der Waals surface area contributed by atoms with Crippen LogP contribution < -0.4 is 0 Å². The molecule has 0 bridgehead atoms. The van der Waals surface area contributed by atoms with Crippen molar-refractivity contribution in [2.75, 3.05) is 6.61 Å². The summed E-state index contributed by atoms with van der Waals surface area (Å²) < 4.78 is 5.74. The van der Waals surface area contributed by atoms with Crippen LogP contribution in [0.5, 0.6) is 0 Å². The lowest BCUT2D eigenvalue weighted by Gasteiger charge is -2.27. The first kappa shape index (κ1) is 14.6. The maximum Gasteiger partial charge on any atom is 0.309 e. The number of aliphatic carboxylic acids is 1. The molecule has 1 aromatic rings. The Morgan fingerprint density at radius 1 is 1.44 bits per heavy atom. The summed E-state index contributed by atoms with van der Waals surface area (Å²) in [5.41, 5.74) is -0.312. The number of aromatic nitrogens is 3. The van der Waals surface area contributed by atoms with Gasteiger partial charge in [-0.05, 0) is 34.1 Å². The number of hydrogen-bond donors (Lipinski definition) is 2. The summed E-state index contributed by atoms with van der Waals surface area (Å²) in [6.45, 7) is 7.71. The molecule has 0 amide bonds. The van der Waals surface area contributed by atoms with E-state index in [4.69, 9.17) is 9.84 Å². The maximum atomic E-state index is 11.0. The number of rotatable bonds is 7. The molecule has 0 radical (unpaired) electrons. The molecule has 0 fully saturated rings. The van der Waals surface area contributed by atoms with E-state index in [-0.39, 0.29) is 5.60 Å². The second-order valence-corrected chi connectivity index (χ2v) is 5.69. The molecule has 2 N–H and O–H groups in total. The summed E-state index contributed by atoms with van der Waals surface area (Å²) in [5.74, 6) is -0.805. The molecule has 0 aliphatic carbocycles. The predicted octanol–water partition coefficient (Wildman–Crippen LogP) is 1.64. The molecule has 102 valence electrons. The van der Waals surface area contributed by atoms with Crippen LogP contribution in [0.25, 0.3) is 0 Å². The van der Waals surface area contributed by atoms with Crippen LogP contribution in [0.2, 0.25) is 0 Å². The van der Waals surface area contributed by atoms with Gasteiger partial charge in [0.25, 0.3) is 0 Å². The van der Waals surface area contributed by atoms with Gasteiger partial charge < -0.3 is 9.84 Å². The molecule has 6 heteroatoms. The number of H-pyrrole nitrogens is 1. The van der Waals surface area contributed by atoms with Crippen LogP contribution in [0.4, 0.5) is 0 Å². The third-order valence-electron chi connectivity index (χ3n) is 2.87.